The summed E-state index contributed by atoms with van der Waals surface area (Å²) in [5.74, 6) is 1.56. The number of hydrogen-bond donors (Lipinski definition) is 3. The number of unbranched alkanes of at least 4 members (excludes halogenated alkanes) is 2. The highest BCUT2D eigenvalue weighted by Crippen LogP contribution is 2.62. The highest BCUT2D eigenvalue weighted by Gasteiger charge is 2.64. The van der Waals surface area contributed by atoms with Crippen LogP contribution in [0.3, 0.4) is 0 Å². The highest BCUT2D eigenvalue weighted by atomic mass is 32.2. The van der Waals surface area contributed by atoms with Gasteiger partial charge in [-0.25, -0.2) is 4.79 Å². The van der Waals surface area contributed by atoms with Crippen LogP contribution in [0, 0.1) is 17.8 Å². The Morgan fingerprint density at radius 3 is 2.53 bits per heavy atom. The molecule has 0 saturated heterocycles. The molecule has 13 heteroatoms. The first-order valence-electron chi connectivity index (χ1n) is 20.3. The van der Waals surface area contributed by atoms with Gasteiger partial charge < -0.3 is 38.7 Å². The average molecular weight is 816 g/mol. The first kappa shape index (κ1) is 43.0. The summed E-state index contributed by atoms with van der Waals surface area (Å²) in [6.45, 7) is 6.89. The zero-order valence-corrected chi connectivity index (χ0v) is 34.6. The summed E-state index contributed by atoms with van der Waals surface area (Å²) < 4.78 is 31.0. The summed E-state index contributed by atoms with van der Waals surface area (Å²) in [5, 5.41) is 27.1. The molecule has 1 saturated carbocycles. The van der Waals surface area contributed by atoms with E-state index < -0.39 is 11.9 Å². The summed E-state index contributed by atoms with van der Waals surface area (Å²) in [4.78, 5) is 23.5. The Morgan fingerprint density at radius 1 is 1.03 bits per heavy atom. The zero-order chi connectivity index (χ0) is 40.9. The van der Waals surface area contributed by atoms with E-state index in [0.717, 1.165) is 54.7 Å². The number of anilines is 1. The van der Waals surface area contributed by atoms with Crippen molar-refractivity contribution in [2.75, 3.05) is 51.7 Å². The number of pyridine rings is 1. The van der Waals surface area contributed by atoms with Crippen LogP contribution in [0.15, 0.2) is 90.4 Å². The average Bonchev–Trinajstić information content (AvgIpc) is 3.24. The minimum Gasteiger partial charge on any atom is -0.497 e. The fraction of sp³-hybridized carbons (Fsp3) is 0.489. The van der Waals surface area contributed by atoms with Crippen LogP contribution in [0.4, 0.5) is 10.5 Å². The third kappa shape index (κ3) is 9.82. The number of allylic oxidation sites excluding steroid dienone is 1. The van der Waals surface area contributed by atoms with Crippen molar-refractivity contribution in [2.45, 2.75) is 75.2 Å². The molecule has 3 aliphatic rings. The number of methoxy groups -OCH3 is 2. The first-order chi connectivity index (χ1) is 28.4. The predicted molar refractivity (Wildman–Crippen MR) is 226 cm³/mol. The molecule has 1 fully saturated rings. The molecule has 0 spiro atoms. The molecular formula is C45H57N3O9S. The van der Waals surface area contributed by atoms with E-state index in [4.69, 9.17) is 33.7 Å². The Labute approximate surface area is 346 Å². The number of fused-ring (bicyclic) bond motifs is 2. The van der Waals surface area contributed by atoms with Gasteiger partial charge in [-0.2, -0.15) is 11.8 Å². The molecule has 3 N–H and O–H groups in total. The van der Waals surface area contributed by atoms with E-state index in [1.807, 2.05) is 55.3 Å². The number of thioether (sulfide) groups is 1. The topological polar surface area (TPSA) is 150 Å². The van der Waals surface area contributed by atoms with Crippen molar-refractivity contribution >= 4 is 29.3 Å². The lowest BCUT2D eigenvalue weighted by molar-refractivity contribution is -0.223. The maximum Gasteiger partial charge on any atom is 0.417 e. The summed E-state index contributed by atoms with van der Waals surface area (Å²) in [6.07, 6.45) is 13.3. The molecular weight excluding hydrogens is 759 g/mol. The van der Waals surface area contributed by atoms with E-state index in [1.165, 1.54) is 12.7 Å². The number of nitrogens with one attached hydrogen (secondary N) is 1. The van der Waals surface area contributed by atoms with Crippen molar-refractivity contribution in [1.29, 1.82) is 0 Å². The SMILES string of the molecule is C=CCOC12Oc3ccc(OC(=O)Nc4ccc(OC)cc4OC)cc3C3C(CCCCO)C(CCCCO)C=C(C(=NOCC)CC1SCCc1ccncc1)C32. The number of amides is 1. The number of rotatable bonds is 21. The molecule has 1 amide bonds. The molecule has 6 rings (SSSR count). The summed E-state index contributed by atoms with van der Waals surface area (Å²) in [7, 11) is 3.09. The Hall–Kier alpha value is -4.56. The zero-order valence-electron chi connectivity index (χ0n) is 33.8. The second-order valence-corrected chi connectivity index (χ2v) is 16.0. The van der Waals surface area contributed by atoms with E-state index in [1.54, 1.807) is 37.5 Å². The van der Waals surface area contributed by atoms with Crippen molar-refractivity contribution in [3.05, 3.63) is 96.4 Å². The number of aromatic nitrogens is 1. The lowest BCUT2D eigenvalue weighted by atomic mass is 9.56. The van der Waals surface area contributed by atoms with Gasteiger partial charge in [0.05, 0.1) is 43.4 Å². The number of aliphatic hydroxyl groups is 2. The van der Waals surface area contributed by atoms with Gasteiger partial charge in [0.15, 0.2) is 0 Å². The molecule has 58 heavy (non-hydrogen) atoms. The third-order valence-electron chi connectivity index (χ3n) is 11.2. The lowest BCUT2D eigenvalue weighted by Crippen LogP contribution is -2.64. The predicted octanol–water partition coefficient (Wildman–Crippen LogP) is 8.34. The van der Waals surface area contributed by atoms with Crippen LogP contribution in [0.2, 0.25) is 0 Å². The molecule has 12 nitrogen and oxygen atoms in total. The molecule has 2 heterocycles. The molecule has 1 aromatic heterocycles. The van der Waals surface area contributed by atoms with E-state index in [-0.39, 0.29) is 48.7 Å². The van der Waals surface area contributed by atoms with Crippen LogP contribution in [0.25, 0.3) is 0 Å². The summed E-state index contributed by atoms with van der Waals surface area (Å²) >= 11 is 1.81. The summed E-state index contributed by atoms with van der Waals surface area (Å²) in [6, 6.07) is 14.8. The van der Waals surface area contributed by atoms with E-state index in [9.17, 15) is 15.0 Å². The van der Waals surface area contributed by atoms with Crippen LogP contribution < -0.4 is 24.3 Å². The monoisotopic (exact) mass is 815 g/mol. The number of aryl methyl sites for hydroxylation is 1. The molecule has 2 aliphatic carbocycles. The normalized spacial score (nSPS) is 23.8. The molecule has 0 bridgehead atoms. The second-order valence-electron chi connectivity index (χ2n) is 14.7. The fourth-order valence-corrected chi connectivity index (χ4v) is 10.1. The van der Waals surface area contributed by atoms with Gasteiger partial charge in [0, 0.05) is 49.6 Å². The minimum absolute atomic E-state index is 0.106. The van der Waals surface area contributed by atoms with Gasteiger partial charge in [0.1, 0.15) is 29.6 Å². The van der Waals surface area contributed by atoms with Gasteiger partial charge in [-0.3, -0.25) is 10.3 Å². The molecule has 6 atom stereocenters. The van der Waals surface area contributed by atoms with Crippen molar-refractivity contribution in [1.82, 2.24) is 4.98 Å². The lowest BCUT2D eigenvalue weighted by Gasteiger charge is -2.58. The van der Waals surface area contributed by atoms with Crippen LogP contribution in [-0.2, 0) is 16.0 Å². The van der Waals surface area contributed by atoms with Crippen molar-refractivity contribution in [3.8, 4) is 23.0 Å². The first-order valence-corrected chi connectivity index (χ1v) is 21.4. The van der Waals surface area contributed by atoms with Crippen LogP contribution in [-0.4, -0.2) is 84.4 Å². The number of hydrogen-bond acceptors (Lipinski definition) is 12. The molecule has 2 aromatic carbocycles. The van der Waals surface area contributed by atoms with E-state index >= 15 is 0 Å². The standard InChI is InChI=1S/C45H57N3O9S/c1-5-24-54-45-41(58-25-19-30-17-20-46-21-18-30)29-38(48-55-6-2)35-26-31(11-7-9-22-49)34(12-8-10-23-50)42(43(35)45)36-27-33(14-16-39(36)57-45)56-44(51)47-37-15-13-32(52-3)28-40(37)53-4/h5,13-18,20-21,26-28,31,34,41-43,49-50H,1,6-12,19,22-25,29H2,2-4H3,(H,47,51). The largest absolute Gasteiger partial charge is 0.497 e. The van der Waals surface area contributed by atoms with Gasteiger partial charge in [0.2, 0.25) is 5.79 Å². The maximum atomic E-state index is 13.4. The van der Waals surface area contributed by atoms with Gasteiger partial charge >= 0.3 is 6.09 Å². The minimum atomic E-state index is -1.10. The van der Waals surface area contributed by atoms with Crippen LogP contribution in [0.5, 0.6) is 23.0 Å². The molecule has 312 valence electrons. The van der Waals surface area contributed by atoms with E-state index in [0.29, 0.717) is 54.6 Å². The van der Waals surface area contributed by atoms with Crippen molar-refractivity contribution < 1.29 is 43.5 Å². The second kappa shape index (κ2) is 20.9. The summed E-state index contributed by atoms with van der Waals surface area (Å²) in [5.41, 5.74) is 4.48. The van der Waals surface area contributed by atoms with Gasteiger partial charge in [-0.1, -0.05) is 30.1 Å². The molecule has 0 radical (unpaired) electrons. The quantitative estimate of drug-likeness (QED) is 0.0541. The number of benzene rings is 2. The van der Waals surface area contributed by atoms with Gasteiger partial charge in [-0.15, -0.1) is 6.58 Å². The molecule has 6 unspecified atom stereocenters. The van der Waals surface area contributed by atoms with Gasteiger partial charge in [-0.05, 0) is 110 Å². The number of ether oxygens (including phenoxy) is 5. The third-order valence-corrected chi connectivity index (χ3v) is 12.6. The molecule has 1 aliphatic heterocycles. The number of aliphatic hydroxyl groups excluding tert-OH is 2. The Morgan fingerprint density at radius 2 is 1.81 bits per heavy atom. The van der Waals surface area contributed by atoms with Gasteiger partial charge in [0.25, 0.3) is 0 Å². The Bertz CT molecular complexity index is 1890. The van der Waals surface area contributed by atoms with Crippen molar-refractivity contribution in [2.24, 2.45) is 22.9 Å². The number of carbonyl (C=O) groups excluding carboxylic acids is 1. The molecule has 3 aromatic rings. The fourth-order valence-electron chi connectivity index (χ4n) is 8.69. The van der Waals surface area contributed by atoms with Crippen LogP contribution >= 0.6 is 11.8 Å². The number of carbonyl (C=O) groups is 1. The van der Waals surface area contributed by atoms with Crippen LogP contribution in [0.1, 0.15) is 68.9 Å². The number of nitrogens with zero attached hydrogens (tertiary/aromatic N) is 2. The Balaban J connectivity index is 1.45. The van der Waals surface area contributed by atoms with E-state index in [2.05, 4.69) is 23.0 Å². The highest BCUT2D eigenvalue weighted by molar-refractivity contribution is 8.00. The maximum absolute atomic E-state index is 13.4. The Kier molecular flexibility index (Phi) is 15.5. The number of oxime groups is 1. The smallest absolute Gasteiger partial charge is 0.417 e. The van der Waals surface area contributed by atoms with Crippen molar-refractivity contribution in [3.63, 3.8) is 0 Å².